The lowest BCUT2D eigenvalue weighted by atomic mass is 10.1. The van der Waals surface area contributed by atoms with Crippen LogP contribution in [0.3, 0.4) is 0 Å². The van der Waals surface area contributed by atoms with Gasteiger partial charge in [-0.1, -0.05) is 54.6 Å². The van der Waals surface area contributed by atoms with Crippen molar-refractivity contribution < 1.29 is 20.1 Å². The van der Waals surface area contributed by atoms with Gasteiger partial charge in [0.25, 0.3) is 0 Å². The fraction of sp³-hybridized carbons (Fsp3) is 0.208. The normalized spacial score (nSPS) is 22.7. The van der Waals surface area contributed by atoms with Gasteiger partial charge in [0.2, 0.25) is 5.28 Å². The molecule has 0 radical (unpaired) electrons. The van der Waals surface area contributed by atoms with Crippen LogP contribution >= 0.6 is 11.6 Å². The van der Waals surface area contributed by atoms with Crippen LogP contribution in [0.1, 0.15) is 6.23 Å². The molecule has 9 nitrogen and oxygen atoms in total. The predicted molar refractivity (Wildman–Crippen MR) is 126 cm³/mol. The maximum atomic E-state index is 10.5. The Hall–Kier alpha value is -3.34. The summed E-state index contributed by atoms with van der Waals surface area (Å²) in [5.74, 6) is 0.468. The number of halogens is 1. The number of hydrogen-bond donors (Lipinski definition) is 3. The average molecular weight is 478 g/mol. The van der Waals surface area contributed by atoms with Crippen molar-refractivity contribution in [2.24, 2.45) is 0 Å². The van der Waals surface area contributed by atoms with Crippen LogP contribution in [0.25, 0.3) is 39.0 Å². The molecule has 0 amide bonds. The van der Waals surface area contributed by atoms with Crippen LogP contribution in [-0.2, 0) is 4.74 Å². The molecular weight excluding hydrogens is 458 g/mol. The van der Waals surface area contributed by atoms with Gasteiger partial charge in [0.05, 0.1) is 18.6 Å². The van der Waals surface area contributed by atoms with Crippen LogP contribution in [0.5, 0.6) is 0 Å². The Morgan fingerprint density at radius 1 is 0.971 bits per heavy atom. The van der Waals surface area contributed by atoms with Gasteiger partial charge >= 0.3 is 0 Å². The number of nitrogens with zero attached hydrogens (tertiary/aromatic N) is 5. The van der Waals surface area contributed by atoms with Gasteiger partial charge in [-0.2, -0.15) is 9.97 Å². The van der Waals surface area contributed by atoms with Gasteiger partial charge in [-0.25, -0.2) is 4.98 Å². The van der Waals surface area contributed by atoms with E-state index >= 15 is 0 Å². The number of aromatic nitrogens is 5. The zero-order chi connectivity index (χ0) is 23.4. The second kappa shape index (κ2) is 8.15. The first-order chi connectivity index (χ1) is 16.6. The van der Waals surface area contributed by atoms with Crippen molar-refractivity contribution in [1.82, 2.24) is 24.1 Å². The summed E-state index contributed by atoms with van der Waals surface area (Å²) >= 11 is 6.36. The summed E-state index contributed by atoms with van der Waals surface area (Å²) in [6.07, 6.45) is -1.00. The second-order valence-electron chi connectivity index (χ2n) is 8.17. The van der Waals surface area contributed by atoms with Crippen molar-refractivity contribution >= 4 is 33.5 Å². The summed E-state index contributed by atoms with van der Waals surface area (Å²) < 4.78 is 9.11. The van der Waals surface area contributed by atoms with E-state index in [1.807, 2.05) is 65.4 Å². The molecule has 10 heteroatoms. The fourth-order valence-electron chi connectivity index (χ4n) is 4.56. The summed E-state index contributed by atoms with van der Waals surface area (Å²) in [5, 5.41) is 32.2. The topological polar surface area (TPSA) is 118 Å². The molecule has 5 aromatic rings. The SMILES string of the molecule is OC[C@H]1O[C@@H](n2cnc3c(-n4cc5ccccc5c4-c4ccccc4)nc(Cl)nc32)[C@H](O)[C@@H]1O. The summed E-state index contributed by atoms with van der Waals surface area (Å²) in [4.78, 5) is 13.4. The van der Waals surface area contributed by atoms with Gasteiger partial charge in [-0.15, -0.1) is 0 Å². The third-order valence-corrected chi connectivity index (χ3v) is 6.34. The zero-order valence-electron chi connectivity index (χ0n) is 17.7. The molecule has 0 spiro atoms. The third kappa shape index (κ3) is 3.21. The van der Waals surface area contributed by atoms with E-state index in [0.29, 0.717) is 17.0 Å². The first-order valence-electron chi connectivity index (χ1n) is 10.7. The summed E-state index contributed by atoms with van der Waals surface area (Å²) in [6, 6.07) is 18.0. The molecule has 2 aromatic carbocycles. The molecule has 4 atom stereocenters. The van der Waals surface area contributed by atoms with Crippen LogP contribution in [0.15, 0.2) is 67.1 Å². The minimum absolute atomic E-state index is 0.00670. The van der Waals surface area contributed by atoms with Crippen molar-refractivity contribution in [3.63, 3.8) is 0 Å². The summed E-state index contributed by atoms with van der Waals surface area (Å²) in [7, 11) is 0. The number of aliphatic hydroxyl groups excluding tert-OH is 3. The highest BCUT2D eigenvalue weighted by atomic mass is 35.5. The number of imidazole rings is 1. The molecule has 3 N–H and O–H groups in total. The Morgan fingerprint density at radius 2 is 1.74 bits per heavy atom. The van der Waals surface area contributed by atoms with Crippen molar-refractivity contribution in [3.05, 3.63) is 72.4 Å². The molecule has 1 aliphatic rings. The maximum Gasteiger partial charge on any atom is 0.226 e. The fourth-order valence-corrected chi connectivity index (χ4v) is 4.72. The number of ether oxygens (including phenoxy) is 1. The zero-order valence-corrected chi connectivity index (χ0v) is 18.5. The van der Waals surface area contributed by atoms with Gasteiger partial charge in [0.1, 0.15) is 18.3 Å². The van der Waals surface area contributed by atoms with E-state index in [4.69, 9.17) is 16.3 Å². The van der Waals surface area contributed by atoms with E-state index in [1.54, 1.807) is 0 Å². The molecule has 3 aromatic heterocycles. The molecule has 34 heavy (non-hydrogen) atoms. The van der Waals surface area contributed by atoms with Crippen molar-refractivity contribution in [2.75, 3.05) is 6.61 Å². The number of hydrogen-bond acceptors (Lipinski definition) is 7. The minimum Gasteiger partial charge on any atom is -0.394 e. The van der Waals surface area contributed by atoms with Crippen molar-refractivity contribution in [1.29, 1.82) is 0 Å². The van der Waals surface area contributed by atoms with E-state index in [2.05, 4.69) is 15.0 Å². The van der Waals surface area contributed by atoms with Crippen molar-refractivity contribution in [2.45, 2.75) is 24.5 Å². The van der Waals surface area contributed by atoms with Gasteiger partial charge in [-0.05, 0) is 17.2 Å². The number of fused-ring (bicyclic) bond motifs is 2. The monoisotopic (exact) mass is 477 g/mol. The minimum atomic E-state index is -1.28. The van der Waals surface area contributed by atoms with Crippen LogP contribution in [-0.4, -0.2) is 64.3 Å². The Morgan fingerprint density at radius 3 is 2.50 bits per heavy atom. The van der Waals surface area contributed by atoms with Crippen LogP contribution in [0, 0.1) is 0 Å². The third-order valence-electron chi connectivity index (χ3n) is 6.17. The Labute approximate surface area is 198 Å². The average Bonchev–Trinajstić information content (AvgIpc) is 3.53. The Kier molecular flexibility index (Phi) is 5.09. The number of rotatable bonds is 4. The first-order valence-corrected chi connectivity index (χ1v) is 11.1. The number of benzene rings is 2. The number of aliphatic hydroxyl groups is 3. The predicted octanol–water partition coefficient (Wildman–Crippen LogP) is 2.70. The summed E-state index contributed by atoms with van der Waals surface area (Å²) in [5.41, 5.74) is 2.70. The van der Waals surface area contributed by atoms with Crippen molar-refractivity contribution in [3.8, 4) is 17.1 Å². The molecule has 0 aliphatic carbocycles. The first kappa shape index (κ1) is 21.2. The highest BCUT2D eigenvalue weighted by Gasteiger charge is 2.44. The molecule has 0 bridgehead atoms. The van der Waals surface area contributed by atoms with E-state index < -0.39 is 31.1 Å². The quantitative estimate of drug-likeness (QED) is 0.340. The second-order valence-corrected chi connectivity index (χ2v) is 8.51. The lowest BCUT2D eigenvalue weighted by Gasteiger charge is -2.17. The largest absolute Gasteiger partial charge is 0.394 e. The Balaban J connectivity index is 1.58. The molecule has 0 unspecified atom stereocenters. The van der Waals surface area contributed by atoms with E-state index in [9.17, 15) is 15.3 Å². The van der Waals surface area contributed by atoms with Crippen LogP contribution in [0.2, 0.25) is 5.28 Å². The highest BCUT2D eigenvalue weighted by molar-refractivity contribution is 6.28. The van der Waals surface area contributed by atoms with E-state index in [0.717, 1.165) is 22.0 Å². The molecule has 0 saturated carbocycles. The van der Waals surface area contributed by atoms with Crippen LogP contribution < -0.4 is 0 Å². The molecule has 6 rings (SSSR count). The Bertz CT molecular complexity index is 1500. The summed E-state index contributed by atoms with van der Waals surface area (Å²) in [6.45, 7) is -0.432. The van der Waals surface area contributed by atoms with Crippen LogP contribution in [0.4, 0.5) is 0 Å². The smallest absolute Gasteiger partial charge is 0.226 e. The van der Waals surface area contributed by atoms with Gasteiger partial charge in [-0.3, -0.25) is 9.13 Å². The van der Waals surface area contributed by atoms with Gasteiger partial charge < -0.3 is 20.1 Å². The lowest BCUT2D eigenvalue weighted by molar-refractivity contribution is -0.0511. The highest BCUT2D eigenvalue weighted by Crippen LogP contribution is 2.36. The van der Waals surface area contributed by atoms with E-state index in [1.165, 1.54) is 10.9 Å². The molecule has 172 valence electrons. The van der Waals surface area contributed by atoms with Gasteiger partial charge in [0, 0.05) is 17.0 Å². The standard InChI is InChI=1S/C24H20ClN5O4/c25-24-27-21(17-22(28-24)30(12-26-17)23-20(33)19(32)16(11-31)34-23)29-10-14-8-4-5-9-15(14)18(29)13-6-2-1-3-7-13/h1-10,12,16,19-20,23,31-33H,11H2/t16-,19-,20-,23-/m1/s1. The van der Waals surface area contributed by atoms with E-state index in [-0.39, 0.29) is 5.28 Å². The molecule has 1 fully saturated rings. The maximum absolute atomic E-state index is 10.5. The molecule has 1 saturated heterocycles. The lowest BCUT2D eigenvalue weighted by Crippen LogP contribution is -2.33. The molecule has 4 heterocycles. The molecule has 1 aliphatic heterocycles. The molecular formula is C24H20ClN5O4. The van der Waals surface area contributed by atoms with Gasteiger partial charge in [0.15, 0.2) is 23.2 Å².